The second-order valence-corrected chi connectivity index (χ2v) is 5.81. The minimum atomic E-state index is -5.08. The molecule has 2 aliphatic rings. The summed E-state index contributed by atoms with van der Waals surface area (Å²) < 4.78 is 31.7. The van der Waals surface area contributed by atoms with E-state index in [2.05, 4.69) is 21.6 Å². The Kier molecular flexibility index (Phi) is 6.61. The first kappa shape index (κ1) is 20.5. The quantitative estimate of drug-likeness (QED) is 0.703. The number of carboxylic acid groups (broad SMARTS) is 1. The normalized spacial score (nSPS) is 17.7. The number of nitrogens with one attached hydrogen (secondary N) is 2. The number of anilines is 2. The Hall–Kier alpha value is -2.82. The SMILES string of the molecule is O=C(O)C(F)(F)F.O=C1CCN(c2cccc(N3CCNCC3)c2)C(=O)N1. The number of nitrogens with zero attached hydrogens (tertiary/aromatic N) is 2. The zero-order valence-electron chi connectivity index (χ0n) is 14.3. The fourth-order valence-electron chi connectivity index (χ4n) is 2.59. The number of imide groups is 1. The molecular weight excluding hydrogens is 369 g/mol. The predicted octanol–water partition coefficient (Wildman–Crippen LogP) is 1.18. The highest BCUT2D eigenvalue weighted by atomic mass is 19.4. The maximum atomic E-state index is 11.9. The van der Waals surface area contributed by atoms with Crippen molar-refractivity contribution in [2.75, 3.05) is 42.5 Å². The molecule has 0 bridgehead atoms. The Labute approximate surface area is 152 Å². The largest absolute Gasteiger partial charge is 0.490 e. The Morgan fingerprint density at radius 1 is 1.07 bits per heavy atom. The number of halogens is 3. The molecule has 0 saturated carbocycles. The highest BCUT2D eigenvalue weighted by Crippen LogP contribution is 2.24. The number of hydrogen-bond donors (Lipinski definition) is 3. The van der Waals surface area contributed by atoms with Gasteiger partial charge in [0, 0.05) is 50.5 Å². The number of aliphatic carboxylic acids is 1. The summed E-state index contributed by atoms with van der Waals surface area (Å²) in [6.07, 6.45) is -4.73. The van der Waals surface area contributed by atoms with Gasteiger partial charge in [0.1, 0.15) is 0 Å². The van der Waals surface area contributed by atoms with Gasteiger partial charge in [-0.2, -0.15) is 13.2 Å². The average molecular weight is 388 g/mol. The number of piperazine rings is 1. The lowest BCUT2D eigenvalue weighted by atomic mass is 10.2. The molecule has 3 amide bonds. The molecule has 1 aromatic rings. The predicted molar refractivity (Wildman–Crippen MR) is 90.7 cm³/mol. The fraction of sp³-hybridized carbons (Fsp3) is 0.438. The maximum absolute atomic E-state index is 11.9. The molecule has 0 unspecified atom stereocenters. The van der Waals surface area contributed by atoms with E-state index in [1.807, 2.05) is 18.2 Å². The van der Waals surface area contributed by atoms with E-state index in [1.165, 1.54) is 0 Å². The van der Waals surface area contributed by atoms with Crippen molar-refractivity contribution in [3.63, 3.8) is 0 Å². The van der Waals surface area contributed by atoms with Gasteiger partial charge in [-0.05, 0) is 18.2 Å². The molecule has 3 N–H and O–H groups in total. The van der Waals surface area contributed by atoms with Crippen molar-refractivity contribution in [2.45, 2.75) is 12.6 Å². The van der Waals surface area contributed by atoms with Gasteiger partial charge >= 0.3 is 18.2 Å². The summed E-state index contributed by atoms with van der Waals surface area (Å²) in [5.74, 6) is -2.96. The molecule has 11 heteroatoms. The molecule has 2 heterocycles. The molecular formula is C16H19F3N4O4. The molecule has 2 saturated heterocycles. The molecule has 2 aliphatic heterocycles. The first-order valence-electron chi connectivity index (χ1n) is 8.15. The third-order valence-corrected chi connectivity index (χ3v) is 3.92. The second-order valence-electron chi connectivity index (χ2n) is 5.81. The van der Waals surface area contributed by atoms with Gasteiger partial charge in [0.15, 0.2) is 0 Å². The Morgan fingerprint density at radius 2 is 1.67 bits per heavy atom. The molecule has 0 atom stereocenters. The summed E-state index contributed by atoms with van der Waals surface area (Å²) in [7, 11) is 0. The molecule has 8 nitrogen and oxygen atoms in total. The molecule has 3 rings (SSSR count). The van der Waals surface area contributed by atoms with Gasteiger partial charge in [-0.15, -0.1) is 0 Å². The summed E-state index contributed by atoms with van der Waals surface area (Å²) in [5.41, 5.74) is 1.96. The fourth-order valence-corrected chi connectivity index (χ4v) is 2.59. The summed E-state index contributed by atoms with van der Waals surface area (Å²) in [6, 6.07) is 7.60. The molecule has 0 aliphatic carbocycles. The summed E-state index contributed by atoms with van der Waals surface area (Å²) >= 11 is 0. The van der Waals surface area contributed by atoms with Gasteiger partial charge in [0.05, 0.1) is 0 Å². The molecule has 148 valence electrons. The van der Waals surface area contributed by atoms with Crippen LogP contribution in [0, 0.1) is 0 Å². The Morgan fingerprint density at radius 3 is 2.22 bits per heavy atom. The number of carbonyl (C=O) groups excluding carboxylic acids is 2. The van der Waals surface area contributed by atoms with E-state index in [4.69, 9.17) is 9.90 Å². The first-order chi connectivity index (χ1) is 12.7. The summed E-state index contributed by atoms with van der Waals surface area (Å²) in [5, 5.41) is 12.8. The molecule has 2 fully saturated rings. The first-order valence-corrected chi connectivity index (χ1v) is 8.15. The molecule has 27 heavy (non-hydrogen) atoms. The lowest BCUT2D eigenvalue weighted by Crippen LogP contribution is -2.49. The van der Waals surface area contributed by atoms with Gasteiger partial charge < -0.3 is 15.3 Å². The number of benzene rings is 1. The van der Waals surface area contributed by atoms with Crippen LogP contribution in [0.5, 0.6) is 0 Å². The summed E-state index contributed by atoms with van der Waals surface area (Å²) in [4.78, 5) is 35.9. The van der Waals surface area contributed by atoms with E-state index in [0.29, 0.717) is 13.0 Å². The lowest BCUT2D eigenvalue weighted by Gasteiger charge is -2.31. The van der Waals surface area contributed by atoms with Crippen LogP contribution >= 0.6 is 0 Å². The third kappa shape index (κ3) is 5.84. The van der Waals surface area contributed by atoms with E-state index in [0.717, 1.165) is 37.6 Å². The number of alkyl halides is 3. The van der Waals surface area contributed by atoms with Crippen molar-refractivity contribution >= 4 is 29.3 Å². The van der Waals surface area contributed by atoms with Crippen LogP contribution in [0.3, 0.4) is 0 Å². The lowest BCUT2D eigenvalue weighted by molar-refractivity contribution is -0.192. The van der Waals surface area contributed by atoms with Crippen molar-refractivity contribution in [1.82, 2.24) is 10.6 Å². The van der Waals surface area contributed by atoms with Gasteiger partial charge in [0.25, 0.3) is 0 Å². The van der Waals surface area contributed by atoms with Crippen LogP contribution in [0.4, 0.5) is 29.3 Å². The molecule has 0 aromatic heterocycles. The van der Waals surface area contributed by atoms with Crippen molar-refractivity contribution in [3.8, 4) is 0 Å². The highest BCUT2D eigenvalue weighted by molar-refractivity contribution is 6.05. The van der Waals surface area contributed by atoms with Gasteiger partial charge in [-0.3, -0.25) is 15.0 Å². The van der Waals surface area contributed by atoms with Crippen LogP contribution in [-0.4, -0.2) is 61.9 Å². The van der Waals surface area contributed by atoms with Crippen molar-refractivity contribution < 1.29 is 32.7 Å². The number of hydrogen-bond acceptors (Lipinski definition) is 5. The van der Waals surface area contributed by atoms with Crippen LogP contribution in [0.2, 0.25) is 0 Å². The third-order valence-electron chi connectivity index (χ3n) is 3.92. The zero-order valence-corrected chi connectivity index (χ0v) is 14.3. The Balaban J connectivity index is 0.000000321. The van der Waals surface area contributed by atoms with Gasteiger partial charge in [-0.1, -0.05) is 6.07 Å². The van der Waals surface area contributed by atoms with E-state index < -0.39 is 12.1 Å². The van der Waals surface area contributed by atoms with Crippen molar-refractivity contribution in [1.29, 1.82) is 0 Å². The topological polar surface area (TPSA) is 102 Å². The van der Waals surface area contributed by atoms with Crippen molar-refractivity contribution in [2.24, 2.45) is 0 Å². The minimum Gasteiger partial charge on any atom is -0.475 e. The average Bonchev–Trinajstić information content (AvgIpc) is 2.62. The smallest absolute Gasteiger partial charge is 0.475 e. The number of carboxylic acids is 1. The van der Waals surface area contributed by atoms with Gasteiger partial charge in [0.2, 0.25) is 5.91 Å². The van der Waals surface area contributed by atoms with Crippen LogP contribution < -0.4 is 20.4 Å². The number of amides is 3. The van der Waals surface area contributed by atoms with E-state index in [-0.39, 0.29) is 11.9 Å². The second kappa shape index (κ2) is 8.71. The number of rotatable bonds is 2. The standard InChI is InChI=1S/C14H18N4O2.C2HF3O2/c19-13-4-7-18(14(20)16-13)12-3-1-2-11(10-12)17-8-5-15-6-9-17;3-2(4,5)1(6)7/h1-3,10,15H,4-9H2,(H,16,19,20);(H,6,7). The van der Waals surface area contributed by atoms with Crippen molar-refractivity contribution in [3.05, 3.63) is 24.3 Å². The van der Waals surface area contributed by atoms with E-state index in [1.54, 1.807) is 4.90 Å². The Bertz CT molecular complexity index is 705. The van der Waals surface area contributed by atoms with Crippen LogP contribution in [0.15, 0.2) is 24.3 Å². The maximum Gasteiger partial charge on any atom is 0.490 e. The van der Waals surface area contributed by atoms with Crippen LogP contribution in [-0.2, 0) is 9.59 Å². The van der Waals surface area contributed by atoms with E-state index in [9.17, 15) is 22.8 Å². The minimum absolute atomic E-state index is 0.204. The number of carbonyl (C=O) groups is 3. The van der Waals surface area contributed by atoms with E-state index >= 15 is 0 Å². The van der Waals surface area contributed by atoms with Gasteiger partial charge in [-0.25, -0.2) is 9.59 Å². The van der Waals surface area contributed by atoms with Crippen LogP contribution in [0.25, 0.3) is 0 Å². The highest BCUT2D eigenvalue weighted by Gasteiger charge is 2.38. The molecule has 0 radical (unpaired) electrons. The number of urea groups is 1. The zero-order chi connectivity index (χ0) is 20.0. The molecule has 0 spiro atoms. The monoisotopic (exact) mass is 388 g/mol. The molecule has 1 aromatic carbocycles. The van der Waals surface area contributed by atoms with Crippen LogP contribution in [0.1, 0.15) is 6.42 Å². The summed E-state index contributed by atoms with van der Waals surface area (Å²) in [6.45, 7) is 4.32.